The molecule has 0 saturated carbocycles. The molecule has 0 amide bonds. The van der Waals surface area contributed by atoms with Gasteiger partial charge in [0.2, 0.25) is 0 Å². The summed E-state index contributed by atoms with van der Waals surface area (Å²) < 4.78 is 10.5. The molecule has 114 valence electrons. The first-order valence-electron chi connectivity index (χ1n) is 7.25. The summed E-state index contributed by atoms with van der Waals surface area (Å²) in [4.78, 5) is 2.22. The molecule has 1 aliphatic heterocycles. The van der Waals surface area contributed by atoms with Crippen molar-refractivity contribution in [3.05, 3.63) is 0 Å². The number of rotatable bonds is 8. The van der Waals surface area contributed by atoms with E-state index in [-0.39, 0.29) is 12.2 Å². The Morgan fingerprint density at radius 3 is 2.74 bits per heavy atom. The van der Waals surface area contributed by atoms with Gasteiger partial charge in [-0.25, -0.2) is 0 Å². The number of piperidine rings is 1. The lowest BCUT2D eigenvalue weighted by atomic mass is 9.92. The second-order valence-corrected chi connectivity index (χ2v) is 5.54. The van der Waals surface area contributed by atoms with Crippen LogP contribution in [0.4, 0.5) is 0 Å². The van der Waals surface area contributed by atoms with Gasteiger partial charge >= 0.3 is 0 Å². The molecule has 1 saturated heterocycles. The summed E-state index contributed by atoms with van der Waals surface area (Å²) in [6, 6.07) is 0. The fourth-order valence-corrected chi connectivity index (χ4v) is 2.57. The number of likely N-dealkylation sites (tertiary alicyclic amines) is 1. The van der Waals surface area contributed by atoms with Crippen LogP contribution < -0.4 is 0 Å². The first kappa shape index (κ1) is 16.9. The van der Waals surface area contributed by atoms with Crippen LogP contribution >= 0.6 is 0 Å². The minimum absolute atomic E-state index is 0.00576. The van der Waals surface area contributed by atoms with Crippen molar-refractivity contribution in [1.29, 1.82) is 0 Å². The van der Waals surface area contributed by atoms with Crippen molar-refractivity contribution in [3.8, 4) is 0 Å². The Bertz CT molecular complexity index is 239. The molecule has 4 atom stereocenters. The van der Waals surface area contributed by atoms with Crippen molar-refractivity contribution in [3.63, 3.8) is 0 Å². The van der Waals surface area contributed by atoms with Gasteiger partial charge in [0.05, 0.1) is 31.5 Å². The highest BCUT2D eigenvalue weighted by Gasteiger charge is 2.27. The third kappa shape index (κ3) is 6.19. The Kier molecular flexibility index (Phi) is 7.87. The third-order valence-electron chi connectivity index (χ3n) is 3.75. The first-order valence-corrected chi connectivity index (χ1v) is 7.25. The van der Waals surface area contributed by atoms with E-state index in [0.717, 1.165) is 25.9 Å². The second-order valence-electron chi connectivity index (χ2n) is 5.54. The molecule has 0 radical (unpaired) electrons. The van der Waals surface area contributed by atoms with Gasteiger partial charge in [-0.1, -0.05) is 6.92 Å². The fourth-order valence-electron chi connectivity index (χ4n) is 2.57. The van der Waals surface area contributed by atoms with Crippen LogP contribution in [0.5, 0.6) is 0 Å². The van der Waals surface area contributed by atoms with Gasteiger partial charge in [-0.05, 0) is 25.7 Å². The summed E-state index contributed by atoms with van der Waals surface area (Å²) in [6.07, 6.45) is 1.12. The Balaban J connectivity index is 2.22. The summed E-state index contributed by atoms with van der Waals surface area (Å²) >= 11 is 0. The lowest BCUT2D eigenvalue weighted by Crippen LogP contribution is -2.46. The largest absolute Gasteiger partial charge is 0.393 e. The molecule has 2 N–H and O–H groups in total. The minimum atomic E-state index is -0.480. The lowest BCUT2D eigenvalue weighted by molar-refractivity contribution is -0.0493. The van der Waals surface area contributed by atoms with E-state index in [1.165, 1.54) is 0 Å². The predicted octanol–water partition coefficient (Wildman–Crippen LogP) is 0.492. The molecule has 0 aromatic heterocycles. The van der Waals surface area contributed by atoms with E-state index in [2.05, 4.69) is 11.8 Å². The average molecular weight is 275 g/mol. The molecule has 0 bridgehead atoms. The second kappa shape index (κ2) is 8.87. The summed E-state index contributed by atoms with van der Waals surface area (Å²) in [7, 11) is 1.64. The van der Waals surface area contributed by atoms with Crippen LogP contribution in [0.3, 0.4) is 0 Å². The van der Waals surface area contributed by atoms with Crippen LogP contribution in [0.15, 0.2) is 0 Å². The Labute approximate surface area is 116 Å². The van der Waals surface area contributed by atoms with Crippen LogP contribution in [0.25, 0.3) is 0 Å². The Hall–Kier alpha value is -0.200. The minimum Gasteiger partial charge on any atom is -0.393 e. The number of hydrogen-bond acceptors (Lipinski definition) is 5. The number of aliphatic hydroxyl groups excluding tert-OH is 2. The zero-order valence-corrected chi connectivity index (χ0v) is 12.4. The standard InChI is InChI=1S/C14H29NO4/c1-4-12-7-15(6-5-14(12)17)8-13(16)10-19-11(2)9-18-3/h11-14,16-17H,4-10H2,1-3H3. The van der Waals surface area contributed by atoms with Gasteiger partial charge in [0.25, 0.3) is 0 Å². The predicted molar refractivity (Wildman–Crippen MR) is 74.1 cm³/mol. The smallest absolute Gasteiger partial charge is 0.0900 e. The molecule has 1 fully saturated rings. The number of nitrogens with zero attached hydrogens (tertiary/aromatic N) is 1. The number of ether oxygens (including phenoxy) is 2. The molecule has 19 heavy (non-hydrogen) atoms. The topological polar surface area (TPSA) is 62.2 Å². The molecule has 0 aromatic rings. The van der Waals surface area contributed by atoms with Crippen molar-refractivity contribution < 1.29 is 19.7 Å². The van der Waals surface area contributed by atoms with Crippen molar-refractivity contribution in [1.82, 2.24) is 4.90 Å². The molecule has 1 aliphatic rings. The maximum absolute atomic E-state index is 9.97. The molecule has 1 heterocycles. The molecule has 0 aliphatic carbocycles. The van der Waals surface area contributed by atoms with Gasteiger partial charge in [-0.15, -0.1) is 0 Å². The van der Waals surface area contributed by atoms with Crippen LogP contribution in [0, 0.1) is 5.92 Å². The normalized spacial score (nSPS) is 28.3. The van der Waals surface area contributed by atoms with E-state index in [0.29, 0.717) is 25.7 Å². The van der Waals surface area contributed by atoms with Gasteiger partial charge in [-0.3, -0.25) is 0 Å². The highest BCUT2D eigenvalue weighted by Crippen LogP contribution is 2.20. The summed E-state index contributed by atoms with van der Waals surface area (Å²) in [5.74, 6) is 0.328. The molecule has 5 nitrogen and oxygen atoms in total. The van der Waals surface area contributed by atoms with Crippen LogP contribution in [0.1, 0.15) is 26.7 Å². The van der Waals surface area contributed by atoms with Crippen molar-refractivity contribution in [2.75, 3.05) is 40.0 Å². The number of methoxy groups -OCH3 is 1. The molecule has 1 rings (SSSR count). The van der Waals surface area contributed by atoms with Crippen LogP contribution in [-0.4, -0.2) is 73.4 Å². The van der Waals surface area contributed by atoms with E-state index >= 15 is 0 Å². The van der Waals surface area contributed by atoms with E-state index in [1.54, 1.807) is 7.11 Å². The summed E-state index contributed by atoms with van der Waals surface area (Å²) in [6.45, 7) is 7.23. The SMILES string of the molecule is CCC1CN(CC(O)COC(C)COC)CCC1O. The highest BCUT2D eigenvalue weighted by atomic mass is 16.5. The number of aliphatic hydroxyl groups is 2. The molecule has 0 spiro atoms. The van der Waals surface area contributed by atoms with Crippen LogP contribution in [-0.2, 0) is 9.47 Å². The van der Waals surface area contributed by atoms with E-state index < -0.39 is 6.10 Å². The van der Waals surface area contributed by atoms with Gasteiger partial charge < -0.3 is 24.6 Å². The van der Waals surface area contributed by atoms with Gasteiger partial charge in [0.1, 0.15) is 0 Å². The van der Waals surface area contributed by atoms with E-state index in [1.807, 2.05) is 6.92 Å². The summed E-state index contributed by atoms with van der Waals surface area (Å²) in [5, 5.41) is 19.8. The molecule has 5 heteroatoms. The zero-order valence-electron chi connectivity index (χ0n) is 12.4. The monoisotopic (exact) mass is 275 g/mol. The third-order valence-corrected chi connectivity index (χ3v) is 3.75. The van der Waals surface area contributed by atoms with Gasteiger partial charge in [0, 0.05) is 26.7 Å². The molecule has 4 unspecified atom stereocenters. The number of hydrogen-bond donors (Lipinski definition) is 2. The summed E-state index contributed by atoms with van der Waals surface area (Å²) in [5.41, 5.74) is 0. The average Bonchev–Trinajstić information content (AvgIpc) is 2.39. The highest BCUT2D eigenvalue weighted by molar-refractivity contribution is 4.80. The van der Waals surface area contributed by atoms with Crippen molar-refractivity contribution >= 4 is 0 Å². The number of β-amino-alcohol motifs (C(OH)–C–C–N with tert-alkyl or cyclic N) is 1. The first-order chi connectivity index (χ1) is 9.06. The zero-order chi connectivity index (χ0) is 14.3. The molecular formula is C14H29NO4. The van der Waals surface area contributed by atoms with Gasteiger partial charge in [-0.2, -0.15) is 0 Å². The quantitative estimate of drug-likeness (QED) is 0.675. The Morgan fingerprint density at radius 2 is 2.11 bits per heavy atom. The lowest BCUT2D eigenvalue weighted by Gasteiger charge is -2.36. The van der Waals surface area contributed by atoms with Crippen molar-refractivity contribution in [2.24, 2.45) is 5.92 Å². The van der Waals surface area contributed by atoms with E-state index in [4.69, 9.17) is 9.47 Å². The van der Waals surface area contributed by atoms with E-state index in [9.17, 15) is 10.2 Å². The molecule has 0 aromatic carbocycles. The fraction of sp³-hybridized carbons (Fsp3) is 1.00. The van der Waals surface area contributed by atoms with Gasteiger partial charge in [0.15, 0.2) is 0 Å². The molecular weight excluding hydrogens is 246 g/mol. The van der Waals surface area contributed by atoms with Crippen LogP contribution in [0.2, 0.25) is 0 Å². The van der Waals surface area contributed by atoms with Crippen molar-refractivity contribution in [2.45, 2.75) is 45.0 Å². The maximum atomic E-state index is 9.97. The maximum Gasteiger partial charge on any atom is 0.0900 e. The Morgan fingerprint density at radius 1 is 1.37 bits per heavy atom.